The quantitative estimate of drug-likeness (QED) is 0.673. The molecule has 0 spiro atoms. The van der Waals surface area contributed by atoms with Crippen molar-refractivity contribution in [1.29, 1.82) is 0 Å². The lowest BCUT2D eigenvalue weighted by atomic mass is 9.75. The number of carbonyl (C=O) groups is 2. The molecule has 1 fully saturated rings. The molecule has 0 aromatic carbocycles. The summed E-state index contributed by atoms with van der Waals surface area (Å²) >= 11 is 0. The fraction of sp³-hybridized carbons (Fsp3) is 0.833. The maximum Gasteiger partial charge on any atom is 0.302 e. The van der Waals surface area contributed by atoms with Gasteiger partial charge in [0.2, 0.25) is 0 Å². The van der Waals surface area contributed by atoms with Crippen molar-refractivity contribution in [2.24, 2.45) is 17.3 Å². The summed E-state index contributed by atoms with van der Waals surface area (Å²) in [5.74, 6) is 0.567. The van der Waals surface area contributed by atoms with Gasteiger partial charge in [-0.2, -0.15) is 0 Å². The van der Waals surface area contributed by atoms with Gasteiger partial charge >= 0.3 is 5.97 Å². The van der Waals surface area contributed by atoms with E-state index in [0.29, 0.717) is 24.7 Å². The first-order chi connectivity index (χ1) is 6.85. The van der Waals surface area contributed by atoms with Crippen LogP contribution < -0.4 is 0 Å². The molecular formula is C12H20O3. The average Bonchev–Trinajstić information content (AvgIpc) is 2.30. The van der Waals surface area contributed by atoms with E-state index in [1.54, 1.807) is 0 Å². The molecule has 1 aliphatic rings. The maximum absolute atomic E-state index is 11.6. The summed E-state index contributed by atoms with van der Waals surface area (Å²) in [5, 5.41) is 0. The van der Waals surface area contributed by atoms with Gasteiger partial charge in [-0.3, -0.25) is 9.59 Å². The molecule has 1 rings (SSSR count). The van der Waals surface area contributed by atoms with E-state index >= 15 is 0 Å². The number of carbonyl (C=O) groups excluding carboxylic acids is 2. The predicted octanol–water partition coefficient (Wildman–Crippen LogP) is 2.19. The molecule has 3 nitrogen and oxygen atoms in total. The second-order valence-corrected chi connectivity index (χ2v) is 5.04. The van der Waals surface area contributed by atoms with Crippen molar-refractivity contribution in [2.75, 3.05) is 6.61 Å². The Kier molecular flexibility index (Phi) is 3.53. The molecule has 0 heterocycles. The first kappa shape index (κ1) is 12.2. The third-order valence-electron chi connectivity index (χ3n) is 3.87. The van der Waals surface area contributed by atoms with Crippen LogP contribution in [0.5, 0.6) is 0 Å². The monoisotopic (exact) mass is 212 g/mol. The van der Waals surface area contributed by atoms with E-state index in [1.807, 2.05) is 6.92 Å². The van der Waals surface area contributed by atoms with Crippen molar-refractivity contribution in [3.63, 3.8) is 0 Å². The van der Waals surface area contributed by atoms with Crippen molar-refractivity contribution in [3.8, 4) is 0 Å². The molecule has 86 valence electrons. The van der Waals surface area contributed by atoms with Gasteiger partial charge in [0.25, 0.3) is 0 Å². The highest BCUT2D eigenvalue weighted by Gasteiger charge is 2.45. The number of ketones is 1. The van der Waals surface area contributed by atoms with Crippen LogP contribution in [-0.4, -0.2) is 18.4 Å². The van der Waals surface area contributed by atoms with Gasteiger partial charge in [0.15, 0.2) is 0 Å². The van der Waals surface area contributed by atoms with E-state index in [4.69, 9.17) is 4.74 Å². The topological polar surface area (TPSA) is 43.4 Å². The minimum Gasteiger partial charge on any atom is -0.466 e. The zero-order valence-electron chi connectivity index (χ0n) is 10.0. The highest BCUT2D eigenvalue weighted by atomic mass is 16.5. The van der Waals surface area contributed by atoms with Crippen molar-refractivity contribution in [3.05, 3.63) is 0 Å². The summed E-state index contributed by atoms with van der Waals surface area (Å²) in [5.41, 5.74) is 0.0389. The van der Waals surface area contributed by atoms with Gasteiger partial charge in [-0.1, -0.05) is 20.8 Å². The van der Waals surface area contributed by atoms with Crippen molar-refractivity contribution in [1.82, 2.24) is 0 Å². The molecule has 0 amide bonds. The van der Waals surface area contributed by atoms with Crippen LogP contribution in [0.1, 0.15) is 40.5 Å². The Morgan fingerprint density at radius 2 is 2.13 bits per heavy atom. The van der Waals surface area contributed by atoms with Gasteiger partial charge in [-0.05, 0) is 17.8 Å². The van der Waals surface area contributed by atoms with Crippen LogP contribution >= 0.6 is 0 Å². The molecule has 1 aliphatic carbocycles. The number of ether oxygens (including phenoxy) is 1. The Morgan fingerprint density at radius 1 is 1.53 bits per heavy atom. The van der Waals surface area contributed by atoms with Crippen LogP contribution in [0.3, 0.4) is 0 Å². The summed E-state index contributed by atoms with van der Waals surface area (Å²) in [6.45, 7) is 8.09. The lowest BCUT2D eigenvalue weighted by molar-refractivity contribution is -0.141. The minimum absolute atomic E-state index is 0.0389. The SMILES string of the molecule is CC(=O)OCC[C@H]1CC(=O)[C@@H](C)C1(C)C. The number of Topliss-reactive ketones (excluding diaryl/α,β-unsaturated/α-hetero) is 1. The van der Waals surface area contributed by atoms with E-state index in [1.165, 1.54) is 6.92 Å². The zero-order valence-corrected chi connectivity index (χ0v) is 10.0. The van der Waals surface area contributed by atoms with E-state index < -0.39 is 0 Å². The molecular weight excluding hydrogens is 192 g/mol. The van der Waals surface area contributed by atoms with Gasteiger partial charge in [-0.25, -0.2) is 0 Å². The third kappa shape index (κ3) is 2.58. The lowest BCUT2D eigenvalue weighted by Crippen LogP contribution is -2.25. The average molecular weight is 212 g/mol. The Bertz CT molecular complexity index is 268. The summed E-state index contributed by atoms with van der Waals surface area (Å²) in [6, 6.07) is 0. The molecule has 0 unspecified atom stereocenters. The van der Waals surface area contributed by atoms with Gasteiger partial charge < -0.3 is 4.74 Å². The van der Waals surface area contributed by atoms with Crippen LogP contribution in [0.4, 0.5) is 0 Å². The van der Waals surface area contributed by atoms with Gasteiger partial charge in [0, 0.05) is 19.3 Å². The fourth-order valence-corrected chi connectivity index (χ4v) is 2.27. The van der Waals surface area contributed by atoms with Crippen LogP contribution in [0, 0.1) is 17.3 Å². The van der Waals surface area contributed by atoms with Crippen molar-refractivity contribution < 1.29 is 14.3 Å². The Labute approximate surface area is 91.2 Å². The molecule has 2 atom stereocenters. The Morgan fingerprint density at radius 3 is 2.53 bits per heavy atom. The molecule has 0 aromatic rings. The van der Waals surface area contributed by atoms with Crippen molar-refractivity contribution >= 4 is 11.8 Å². The second kappa shape index (κ2) is 4.33. The normalized spacial score (nSPS) is 29.2. The highest BCUT2D eigenvalue weighted by molar-refractivity contribution is 5.84. The highest BCUT2D eigenvalue weighted by Crippen LogP contribution is 2.46. The molecule has 15 heavy (non-hydrogen) atoms. The first-order valence-corrected chi connectivity index (χ1v) is 5.51. The number of hydrogen-bond acceptors (Lipinski definition) is 3. The van der Waals surface area contributed by atoms with Crippen LogP contribution in [-0.2, 0) is 14.3 Å². The predicted molar refractivity (Wildman–Crippen MR) is 57.3 cm³/mol. The Hall–Kier alpha value is -0.860. The molecule has 3 heteroatoms. The molecule has 0 bridgehead atoms. The minimum atomic E-state index is -0.245. The molecule has 0 aromatic heterocycles. The van der Waals surface area contributed by atoms with Crippen LogP contribution in [0.15, 0.2) is 0 Å². The molecule has 0 radical (unpaired) electrons. The van der Waals surface area contributed by atoms with Crippen LogP contribution in [0.2, 0.25) is 0 Å². The summed E-state index contributed by atoms with van der Waals surface area (Å²) in [7, 11) is 0. The van der Waals surface area contributed by atoms with E-state index in [2.05, 4.69) is 13.8 Å². The second-order valence-electron chi connectivity index (χ2n) is 5.04. The van der Waals surface area contributed by atoms with Gasteiger partial charge in [-0.15, -0.1) is 0 Å². The molecule has 0 N–H and O–H groups in total. The molecule has 0 aliphatic heterocycles. The standard InChI is InChI=1S/C12H20O3/c1-8-11(14)7-10(12(8,3)4)5-6-15-9(2)13/h8,10H,5-7H2,1-4H3/t8-,10+/m1/s1. The molecule has 0 saturated heterocycles. The number of rotatable bonds is 3. The smallest absolute Gasteiger partial charge is 0.302 e. The van der Waals surface area contributed by atoms with Gasteiger partial charge in [0.1, 0.15) is 5.78 Å². The van der Waals surface area contributed by atoms with E-state index in [9.17, 15) is 9.59 Å². The Balaban J connectivity index is 2.49. The van der Waals surface area contributed by atoms with Crippen LogP contribution in [0.25, 0.3) is 0 Å². The van der Waals surface area contributed by atoms with Gasteiger partial charge in [0.05, 0.1) is 6.61 Å². The lowest BCUT2D eigenvalue weighted by Gasteiger charge is -2.29. The largest absolute Gasteiger partial charge is 0.466 e. The maximum atomic E-state index is 11.6. The summed E-state index contributed by atoms with van der Waals surface area (Å²) in [6.07, 6.45) is 1.43. The number of esters is 1. The van der Waals surface area contributed by atoms with Crippen molar-refractivity contribution in [2.45, 2.75) is 40.5 Å². The zero-order chi connectivity index (χ0) is 11.6. The third-order valence-corrected chi connectivity index (χ3v) is 3.87. The first-order valence-electron chi connectivity index (χ1n) is 5.51. The fourth-order valence-electron chi connectivity index (χ4n) is 2.27. The van der Waals surface area contributed by atoms with E-state index in [-0.39, 0.29) is 17.3 Å². The molecule has 1 saturated carbocycles. The summed E-state index contributed by atoms with van der Waals surface area (Å²) in [4.78, 5) is 22.2. The van der Waals surface area contributed by atoms with E-state index in [0.717, 1.165) is 6.42 Å². The summed E-state index contributed by atoms with van der Waals surface area (Å²) < 4.78 is 4.92. The number of hydrogen-bond donors (Lipinski definition) is 0.